The molecular weight excluding hydrogens is 374 g/mol. The molecule has 1 saturated heterocycles. The summed E-state index contributed by atoms with van der Waals surface area (Å²) in [6, 6.07) is 8.32. The number of nitrogens with zero attached hydrogens (tertiary/aromatic N) is 3. The number of aromatic nitrogens is 1. The van der Waals surface area contributed by atoms with Crippen molar-refractivity contribution in [1.29, 1.82) is 0 Å². The first-order valence-corrected chi connectivity index (χ1v) is 10.7. The molecule has 0 N–H and O–H groups in total. The van der Waals surface area contributed by atoms with E-state index in [1.165, 1.54) is 16.9 Å². The van der Waals surface area contributed by atoms with Crippen LogP contribution in [0.5, 0.6) is 5.75 Å². The summed E-state index contributed by atoms with van der Waals surface area (Å²) in [6.45, 7) is 3.40. The van der Waals surface area contributed by atoms with E-state index in [2.05, 4.69) is 36.1 Å². The Labute approximate surface area is 171 Å². The zero-order valence-electron chi connectivity index (χ0n) is 16.7. The van der Waals surface area contributed by atoms with Gasteiger partial charge in [0.15, 0.2) is 0 Å². The largest absolute Gasteiger partial charge is 0.494 e. The highest BCUT2D eigenvalue weighted by molar-refractivity contribution is 7.07. The second-order valence-electron chi connectivity index (χ2n) is 7.48. The Morgan fingerprint density at radius 1 is 1.25 bits per heavy atom. The fraction of sp³-hybridized carbons (Fsp3) is 0.524. The molecule has 1 fully saturated rings. The summed E-state index contributed by atoms with van der Waals surface area (Å²) in [6.07, 6.45) is 2.77. The number of carbonyl (C=O) groups is 1. The third-order valence-corrected chi connectivity index (χ3v) is 5.55. The van der Waals surface area contributed by atoms with Crippen molar-refractivity contribution in [3.8, 4) is 5.75 Å². The number of hydrogen-bond acceptors (Lipinski definition) is 6. The molecule has 1 aliphatic rings. The molecule has 2 heterocycles. The van der Waals surface area contributed by atoms with Crippen LogP contribution in [0, 0.1) is 5.92 Å². The average Bonchev–Trinajstić information content (AvgIpc) is 3.21. The van der Waals surface area contributed by atoms with Crippen LogP contribution in [0.1, 0.15) is 30.5 Å². The Morgan fingerprint density at radius 2 is 2.00 bits per heavy atom. The van der Waals surface area contributed by atoms with Crippen LogP contribution < -0.4 is 4.74 Å². The van der Waals surface area contributed by atoms with Crippen molar-refractivity contribution in [3.63, 3.8) is 0 Å². The lowest BCUT2D eigenvalue weighted by molar-refractivity contribution is 0.0792. The van der Waals surface area contributed by atoms with E-state index in [1.54, 1.807) is 10.4 Å². The number of benzene rings is 1. The van der Waals surface area contributed by atoms with Crippen LogP contribution in [0.4, 0.5) is 4.79 Å². The van der Waals surface area contributed by atoms with Crippen LogP contribution >= 0.6 is 11.3 Å². The lowest BCUT2D eigenvalue weighted by Crippen LogP contribution is -2.39. The van der Waals surface area contributed by atoms with Gasteiger partial charge >= 0.3 is 6.09 Å². The SMILES string of the molecule is CN(C)Cc1ccc(OCCC2CCN(C(=O)OCc3cscn3)CC2)cc1. The molecule has 1 aromatic carbocycles. The fourth-order valence-corrected chi connectivity index (χ4v) is 3.88. The molecule has 0 aliphatic carbocycles. The summed E-state index contributed by atoms with van der Waals surface area (Å²) in [4.78, 5) is 20.2. The molecule has 152 valence electrons. The number of piperidine rings is 1. The van der Waals surface area contributed by atoms with Crippen molar-refractivity contribution >= 4 is 17.4 Å². The third kappa shape index (κ3) is 6.49. The molecule has 1 aliphatic heterocycles. The van der Waals surface area contributed by atoms with Gasteiger partial charge < -0.3 is 19.3 Å². The molecule has 6 nitrogen and oxygen atoms in total. The van der Waals surface area contributed by atoms with E-state index >= 15 is 0 Å². The average molecular weight is 404 g/mol. The van der Waals surface area contributed by atoms with Gasteiger partial charge in [0.1, 0.15) is 12.4 Å². The van der Waals surface area contributed by atoms with E-state index in [9.17, 15) is 4.79 Å². The van der Waals surface area contributed by atoms with Gasteiger partial charge in [-0.2, -0.15) is 0 Å². The van der Waals surface area contributed by atoms with Gasteiger partial charge in [-0.05, 0) is 57.0 Å². The van der Waals surface area contributed by atoms with Gasteiger partial charge in [-0.1, -0.05) is 12.1 Å². The second-order valence-corrected chi connectivity index (χ2v) is 8.20. The number of rotatable bonds is 8. The van der Waals surface area contributed by atoms with Crippen LogP contribution in [0.15, 0.2) is 35.2 Å². The molecule has 0 unspecified atom stereocenters. The first-order valence-electron chi connectivity index (χ1n) is 9.75. The van der Waals surface area contributed by atoms with Crippen molar-refractivity contribution < 1.29 is 14.3 Å². The minimum Gasteiger partial charge on any atom is -0.494 e. The minimum absolute atomic E-state index is 0.236. The molecule has 2 aromatic rings. The molecule has 1 aromatic heterocycles. The predicted octanol–water partition coefficient (Wildman–Crippen LogP) is 4.02. The normalized spacial score (nSPS) is 15.0. The van der Waals surface area contributed by atoms with Crippen molar-refractivity contribution in [3.05, 3.63) is 46.4 Å². The summed E-state index contributed by atoms with van der Waals surface area (Å²) >= 11 is 1.51. The molecule has 7 heteroatoms. The number of thiazole rings is 1. The molecule has 0 atom stereocenters. The van der Waals surface area contributed by atoms with E-state index in [-0.39, 0.29) is 12.7 Å². The molecule has 3 rings (SSSR count). The first-order chi connectivity index (χ1) is 13.6. The summed E-state index contributed by atoms with van der Waals surface area (Å²) < 4.78 is 11.2. The van der Waals surface area contributed by atoms with Gasteiger partial charge in [0.25, 0.3) is 0 Å². The summed E-state index contributed by atoms with van der Waals surface area (Å²) in [5, 5.41) is 1.90. The van der Waals surface area contributed by atoms with Gasteiger partial charge in [0.2, 0.25) is 0 Å². The van der Waals surface area contributed by atoms with E-state index in [4.69, 9.17) is 9.47 Å². The zero-order chi connectivity index (χ0) is 19.8. The zero-order valence-corrected chi connectivity index (χ0v) is 17.5. The van der Waals surface area contributed by atoms with Crippen LogP contribution in [0.3, 0.4) is 0 Å². The van der Waals surface area contributed by atoms with Crippen LogP contribution in [-0.2, 0) is 17.9 Å². The topological polar surface area (TPSA) is 54.9 Å². The highest BCUT2D eigenvalue weighted by Crippen LogP contribution is 2.22. The summed E-state index contributed by atoms with van der Waals surface area (Å²) in [5.41, 5.74) is 3.83. The second kappa shape index (κ2) is 10.4. The summed E-state index contributed by atoms with van der Waals surface area (Å²) in [7, 11) is 4.13. The molecule has 0 spiro atoms. The molecule has 0 bridgehead atoms. The highest BCUT2D eigenvalue weighted by atomic mass is 32.1. The maximum atomic E-state index is 12.1. The Kier molecular flexibility index (Phi) is 7.68. The van der Waals surface area contributed by atoms with Gasteiger partial charge in [0.05, 0.1) is 17.8 Å². The van der Waals surface area contributed by atoms with Gasteiger partial charge in [-0.25, -0.2) is 9.78 Å². The monoisotopic (exact) mass is 403 g/mol. The Bertz CT molecular complexity index is 711. The van der Waals surface area contributed by atoms with E-state index < -0.39 is 0 Å². The number of hydrogen-bond donors (Lipinski definition) is 0. The Hall–Kier alpha value is -2.12. The van der Waals surface area contributed by atoms with Gasteiger partial charge in [-0.3, -0.25) is 0 Å². The Morgan fingerprint density at radius 3 is 2.64 bits per heavy atom. The van der Waals surface area contributed by atoms with E-state index in [1.807, 2.05) is 17.5 Å². The van der Waals surface area contributed by atoms with Crippen molar-refractivity contribution in [2.45, 2.75) is 32.4 Å². The number of carbonyl (C=O) groups excluding carboxylic acids is 1. The van der Waals surface area contributed by atoms with E-state index in [0.717, 1.165) is 50.3 Å². The standard InChI is InChI=1S/C21H29N3O3S/c1-23(2)13-18-3-5-20(6-4-18)26-12-9-17-7-10-24(11-8-17)21(25)27-14-19-15-28-16-22-19/h3-6,15-17H,7-14H2,1-2H3. The molecule has 1 amide bonds. The quantitative estimate of drug-likeness (QED) is 0.666. The number of amides is 1. The Balaban J connectivity index is 1.31. The van der Waals surface area contributed by atoms with Crippen molar-refractivity contribution in [2.75, 3.05) is 33.8 Å². The van der Waals surface area contributed by atoms with Gasteiger partial charge in [-0.15, -0.1) is 11.3 Å². The lowest BCUT2D eigenvalue weighted by atomic mass is 9.94. The number of ether oxygens (including phenoxy) is 2. The third-order valence-electron chi connectivity index (χ3n) is 4.92. The maximum absolute atomic E-state index is 12.1. The number of likely N-dealkylation sites (tertiary alicyclic amines) is 1. The first kappa shape index (κ1) is 20.6. The van der Waals surface area contributed by atoms with Crippen LogP contribution in [-0.4, -0.2) is 54.7 Å². The van der Waals surface area contributed by atoms with Crippen LogP contribution in [0.2, 0.25) is 0 Å². The van der Waals surface area contributed by atoms with Crippen LogP contribution in [0.25, 0.3) is 0 Å². The minimum atomic E-state index is -0.236. The molecule has 0 saturated carbocycles. The lowest BCUT2D eigenvalue weighted by Gasteiger charge is -2.31. The smallest absolute Gasteiger partial charge is 0.410 e. The van der Waals surface area contributed by atoms with Crippen molar-refractivity contribution in [1.82, 2.24) is 14.8 Å². The highest BCUT2D eigenvalue weighted by Gasteiger charge is 2.23. The van der Waals surface area contributed by atoms with E-state index in [0.29, 0.717) is 12.5 Å². The van der Waals surface area contributed by atoms with Crippen molar-refractivity contribution in [2.24, 2.45) is 5.92 Å². The fourth-order valence-electron chi connectivity index (χ4n) is 3.34. The molecule has 28 heavy (non-hydrogen) atoms. The molecule has 0 radical (unpaired) electrons. The summed E-state index contributed by atoms with van der Waals surface area (Å²) in [5.74, 6) is 1.51. The maximum Gasteiger partial charge on any atom is 0.410 e. The van der Waals surface area contributed by atoms with Gasteiger partial charge in [0, 0.05) is 25.0 Å². The molecular formula is C21H29N3O3S. The predicted molar refractivity (Wildman–Crippen MR) is 111 cm³/mol.